The van der Waals surface area contributed by atoms with Crippen LogP contribution in [0.25, 0.3) is 0 Å². The van der Waals surface area contributed by atoms with Crippen LogP contribution in [0.2, 0.25) is 4.34 Å². The Bertz CT molecular complexity index is 595. The highest BCUT2D eigenvalue weighted by Crippen LogP contribution is 2.22. The summed E-state index contributed by atoms with van der Waals surface area (Å²) in [6, 6.07) is 8.92. The Balaban J connectivity index is 1.93. The number of hydrogen-bond acceptors (Lipinski definition) is 3. The predicted molar refractivity (Wildman–Crippen MR) is 78.2 cm³/mol. The monoisotopic (exact) mass is 295 g/mol. The average Bonchev–Trinajstić information content (AvgIpc) is 2.78. The summed E-state index contributed by atoms with van der Waals surface area (Å²) in [5.74, 6) is -0.219. The molecule has 19 heavy (non-hydrogen) atoms. The van der Waals surface area contributed by atoms with Gasteiger partial charge >= 0.3 is 0 Å². The van der Waals surface area contributed by atoms with E-state index in [2.05, 4.69) is 5.32 Å². The number of halogens is 1. The molecular formula is C14H14ClNO2S. The lowest BCUT2D eigenvalue weighted by Crippen LogP contribution is -2.25. The number of aryl methyl sites for hydroxylation is 1. The number of carbonyl (C=O) groups excluding carboxylic acids is 1. The highest BCUT2D eigenvalue weighted by molar-refractivity contribution is 7.16. The second-order valence-corrected chi connectivity index (χ2v) is 5.98. The van der Waals surface area contributed by atoms with Crippen molar-refractivity contribution in [3.63, 3.8) is 0 Å². The van der Waals surface area contributed by atoms with Crippen LogP contribution in [0.4, 0.5) is 0 Å². The number of nitrogens with one attached hydrogen (secondary N) is 1. The number of rotatable bonds is 4. The van der Waals surface area contributed by atoms with Crippen molar-refractivity contribution in [3.05, 3.63) is 50.7 Å². The number of hydrogen-bond donors (Lipinski definition) is 2. The van der Waals surface area contributed by atoms with E-state index in [1.54, 1.807) is 25.1 Å². The molecule has 2 aromatic rings. The maximum atomic E-state index is 11.9. The van der Waals surface area contributed by atoms with Gasteiger partial charge in [0.15, 0.2) is 0 Å². The van der Waals surface area contributed by atoms with Gasteiger partial charge in [-0.05, 0) is 37.1 Å². The topological polar surface area (TPSA) is 49.3 Å². The van der Waals surface area contributed by atoms with Gasteiger partial charge in [0, 0.05) is 11.4 Å². The van der Waals surface area contributed by atoms with Crippen molar-refractivity contribution in [2.45, 2.75) is 13.3 Å². The quantitative estimate of drug-likeness (QED) is 0.908. The molecule has 0 unspecified atom stereocenters. The van der Waals surface area contributed by atoms with Gasteiger partial charge in [0.25, 0.3) is 5.91 Å². The molecule has 0 aliphatic heterocycles. The molecule has 0 radical (unpaired) electrons. The van der Waals surface area contributed by atoms with Crippen LogP contribution in [0.3, 0.4) is 0 Å². The van der Waals surface area contributed by atoms with Crippen molar-refractivity contribution in [1.29, 1.82) is 0 Å². The lowest BCUT2D eigenvalue weighted by molar-refractivity contribution is 0.0951. The fraction of sp³-hybridized carbons (Fsp3) is 0.214. The molecule has 0 spiro atoms. The number of para-hydroxylation sites is 1. The third-order valence-corrected chi connectivity index (χ3v) is 4.06. The molecule has 2 rings (SSSR count). The van der Waals surface area contributed by atoms with Crippen LogP contribution in [0, 0.1) is 6.92 Å². The molecule has 1 aromatic heterocycles. The van der Waals surface area contributed by atoms with E-state index in [9.17, 15) is 9.90 Å². The van der Waals surface area contributed by atoms with E-state index in [0.717, 1.165) is 15.6 Å². The molecule has 2 N–H and O–H groups in total. The summed E-state index contributed by atoms with van der Waals surface area (Å²) in [6.07, 6.45) is 0.732. The number of carbonyl (C=O) groups is 1. The number of phenols is 1. The minimum Gasteiger partial charge on any atom is -0.507 e. The van der Waals surface area contributed by atoms with Crippen LogP contribution < -0.4 is 5.32 Å². The molecule has 0 atom stereocenters. The minimum absolute atomic E-state index is 0.0409. The molecule has 0 fully saturated rings. The Labute approximate surface area is 120 Å². The van der Waals surface area contributed by atoms with Crippen LogP contribution in [0.5, 0.6) is 5.75 Å². The van der Waals surface area contributed by atoms with Gasteiger partial charge in [-0.3, -0.25) is 4.79 Å². The van der Waals surface area contributed by atoms with Crippen molar-refractivity contribution in [2.24, 2.45) is 0 Å². The first-order chi connectivity index (χ1) is 9.08. The van der Waals surface area contributed by atoms with Crippen LogP contribution in [-0.2, 0) is 6.42 Å². The molecule has 5 heteroatoms. The molecule has 1 heterocycles. The summed E-state index contributed by atoms with van der Waals surface area (Å²) in [5.41, 5.74) is 1.00. The van der Waals surface area contributed by atoms with Gasteiger partial charge in [0.1, 0.15) is 5.75 Å². The van der Waals surface area contributed by atoms with E-state index < -0.39 is 0 Å². The van der Waals surface area contributed by atoms with E-state index in [1.807, 2.05) is 12.1 Å². The second-order valence-electron chi connectivity index (χ2n) is 4.18. The van der Waals surface area contributed by atoms with E-state index >= 15 is 0 Å². The van der Waals surface area contributed by atoms with Crippen molar-refractivity contribution in [1.82, 2.24) is 5.32 Å². The zero-order chi connectivity index (χ0) is 13.8. The predicted octanol–water partition coefficient (Wildman–Crippen LogP) is 3.39. The average molecular weight is 296 g/mol. The third-order valence-electron chi connectivity index (χ3n) is 2.77. The normalized spacial score (nSPS) is 10.4. The van der Waals surface area contributed by atoms with E-state index in [1.165, 1.54) is 11.3 Å². The van der Waals surface area contributed by atoms with Crippen molar-refractivity contribution in [2.75, 3.05) is 6.54 Å². The van der Waals surface area contributed by atoms with Crippen molar-refractivity contribution in [3.8, 4) is 5.75 Å². The standard InChI is InChI=1S/C14H14ClNO2S/c1-9-3-2-4-11(13(9)17)14(18)16-8-7-10-5-6-12(15)19-10/h2-6,17H,7-8H2,1H3,(H,16,18). The molecule has 0 saturated carbocycles. The van der Waals surface area contributed by atoms with Crippen LogP contribution in [0.1, 0.15) is 20.8 Å². The van der Waals surface area contributed by atoms with Gasteiger partial charge in [-0.2, -0.15) is 0 Å². The fourth-order valence-corrected chi connectivity index (χ4v) is 2.81. The Morgan fingerprint density at radius 3 is 2.84 bits per heavy atom. The summed E-state index contributed by atoms with van der Waals surface area (Å²) in [7, 11) is 0. The first-order valence-corrected chi connectivity index (χ1v) is 7.08. The Kier molecular flexibility index (Phi) is 4.45. The summed E-state index contributed by atoms with van der Waals surface area (Å²) in [6.45, 7) is 2.28. The number of phenolic OH excluding ortho intramolecular Hbond substituents is 1. The molecule has 0 saturated heterocycles. The summed E-state index contributed by atoms with van der Waals surface area (Å²) < 4.78 is 0.748. The first kappa shape index (κ1) is 13.9. The van der Waals surface area contributed by atoms with E-state index in [0.29, 0.717) is 17.7 Å². The van der Waals surface area contributed by atoms with E-state index in [4.69, 9.17) is 11.6 Å². The van der Waals surface area contributed by atoms with Crippen molar-refractivity contribution < 1.29 is 9.90 Å². The highest BCUT2D eigenvalue weighted by Gasteiger charge is 2.11. The molecule has 1 amide bonds. The molecule has 100 valence electrons. The largest absolute Gasteiger partial charge is 0.507 e. The first-order valence-electron chi connectivity index (χ1n) is 5.89. The zero-order valence-electron chi connectivity index (χ0n) is 10.4. The molecule has 1 aromatic carbocycles. The number of amides is 1. The SMILES string of the molecule is Cc1cccc(C(=O)NCCc2ccc(Cl)s2)c1O. The van der Waals surface area contributed by atoms with Gasteiger partial charge in [0.2, 0.25) is 0 Å². The lowest BCUT2D eigenvalue weighted by atomic mass is 10.1. The zero-order valence-corrected chi connectivity index (χ0v) is 12.0. The Morgan fingerprint density at radius 2 is 2.16 bits per heavy atom. The molecule has 3 nitrogen and oxygen atoms in total. The highest BCUT2D eigenvalue weighted by atomic mass is 35.5. The second kappa shape index (κ2) is 6.08. The van der Waals surface area contributed by atoms with Crippen LogP contribution in [0.15, 0.2) is 30.3 Å². The molecule has 0 bridgehead atoms. The maximum absolute atomic E-state index is 11.9. The summed E-state index contributed by atoms with van der Waals surface area (Å²) in [4.78, 5) is 13.0. The Hall–Kier alpha value is -1.52. The fourth-order valence-electron chi connectivity index (χ4n) is 1.72. The number of benzene rings is 1. The maximum Gasteiger partial charge on any atom is 0.255 e. The molecule has 0 aliphatic rings. The smallest absolute Gasteiger partial charge is 0.255 e. The minimum atomic E-state index is -0.260. The lowest BCUT2D eigenvalue weighted by Gasteiger charge is -2.07. The van der Waals surface area contributed by atoms with Gasteiger partial charge in [-0.25, -0.2) is 0 Å². The molecule has 0 aliphatic carbocycles. The van der Waals surface area contributed by atoms with Gasteiger partial charge < -0.3 is 10.4 Å². The Morgan fingerprint density at radius 1 is 1.37 bits per heavy atom. The third kappa shape index (κ3) is 3.49. The van der Waals surface area contributed by atoms with Gasteiger partial charge in [0.05, 0.1) is 9.90 Å². The van der Waals surface area contributed by atoms with Gasteiger partial charge in [-0.15, -0.1) is 11.3 Å². The summed E-state index contributed by atoms with van der Waals surface area (Å²) in [5, 5.41) is 12.6. The number of aromatic hydroxyl groups is 1. The van der Waals surface area contributed by atoms with Gasteiger partial charge in [-0.1, -0.05) is 23.7 Å². The molecular weight excluding hydrogens is 282 g/mol. The number of thiophene rings is 1. The summed E-state index contributed by atoms with van der Waals surface area (Å²) >= 11 is 7.34. The van der Waals surface area contributed by atoms with E-state index in [-0.39, 0.29) is 11.7 Å². The van der Waals surface area contributed by atoms with Crippen LogP contribution in [-0.4, -0.2) is 17.6 Å². The van der Waals surface area contributed by atoms with Crippen LogP contribution >= 0.6 is 22.9 Å². The van der Waals surface area contributed by atoms with Crippen molar-refractivity contribution >= 4 is 28.8 Å².